The highest BCUT2D eigenvalue weighted by atomic mass is 16.3. The van der Waals surface area contributed by atoms with Gasteiger partial charge < -0.3 is 15.1 Å². The Kier molecular flexibility index (Phi) is 5.04. The smallest absolute Gasteiger partial charge is 0.191 e. The van der Waals surface area contributed by atoms with Crippen LogP contribution in [0.4, 0.5) is 0 Å². The van der Waals surface area contributed by atoms with Gasteiger partial charge in [0, 0.05) is 24.5 Å². The molecule has 0 saturated heterocycles. The van der Waals surface area contributed by atoms with Gasteiger partial charge >= 0.3 is 0 Å². The highest BCUT2D eigenvalue weighted by molar-refractivity contribution is 5.82. The van der Waals surface area contributed by atoms with Crippen molar-refractivity contribution in [3.63, 3.8) is 0 Å². The zero-order valence-corrected chi connectivity index (χ0v) is 12.5. The Bertz CT molecular complexity index is 586. The lowest BCUT2D eigenvalue weighted by Gasteiger charge is -2.10. The lowest BCUT2D eigenvalue weighted by atomic mass is 10.1. The zero-order chi connectivity index (χ0) is 14.4. The lowest BCUT2D eigenvalue weighted by Crippen LogP contribution is -2.37. The van der Waals surface area contributed by atoms with Crippen LogP contribution in [0.1, 0.15) is 31.1 Å². The number of hydrogen-bond donors (Lipinski definition) is 2. The number of furan rings is 1. The SMILES string of the molecule is CCCCNC(=NC)NCc1oc2ccccc2c1C. The fourth-order valence-electron chi connectivity index (χ4n) is 2.16. The Labute approximate surface area is 120 Å². The summed E-state index contributed by atoms with van der Waals surface area (Å²) in [5.41, 5.74) is 2.13. The maximum Gasteiger partial charge on any atom is 0.191 e. The topological polar surface area (TPSA) is 49.6 Å². The molecule has 2 N–H and O–H groups in total. The van der Waals surface area contributed by atoms with E-state index in [1.165, 1.54) is 17.4 Å². The predicted octanol–water partition coefficient (Wildman–Crippen LogP) is 3.21. The molecule has 0 spiro atoms. The monoisotopic (exact) mass is 273 g/mol. The number of aryl methyl sites for hydroxylation is 1. The van der Waals surface area contributed by atoms with Gasteiger partial charge in [-0.05, 0) is 19.4 Å². The third-order valence-corrected chi connectivity index (χ3v) is 3.41. The fourth-order valence-corrected chi connectivity index (χ4v) is 2.16. The van der Waals surface area contributed by atoms with E-state index in [1.54, 1.807) is 7.05 Å². The molecule has 0 bridgehead atoms. The number of benzene rings is 1. The number of aliphatic imine (C=N–C) groups is 1. The van der Waals surface area contributed by atoms with Crippen molar-refractivity contribution in [2.45, 2.75) is 33.2 Å². The van der Waals surface area contributed by atoms with Gasteiger partial charge in [0.1, 0.15) is 11.3 Å². The molecule has 1 aromatic carbocycles. The largest absolute Gasteiger partial charge is 0.459 e. The van der Waals surface area contributed by atoms with Crippen LogP contribution < -0.4 is 10.6 Å². The van der Waals surface area contributed by atoms with Crippen molar-refractivity contribution in [3.8, 4) is 0 Å². The number of unbranched alkanes of at least 4 members (excludes halogenated alkanes) is 1. The van der Waals surface area contributed by atoms with Crippen molar-refractivity contribution >= 4 is 16.9 Å². The number of nitrogens with zero attached hydrogens (tertiary/aromatic N) is 1. The van der Waals surface area contributed by atoms with E-state index in [4.69, 9.17) is 4.42 Å². The van der Waals surface area contributed by atoms with Crippen LogP contribution in [0.2, 0.25) is 0 Å². The maximum absolute atomic E-state index is 5.87. The molecule has 0 amide bonds. The van der Waals surface area contributed by atoms with Gasteiger partial charge in [-0.3, -0.25) is 4.99 Å². The van der Waals surface area contributed by atoms with Crippen LogP contribution in [0, 0.1) is 6.92 Å². The number of fused-ring (bicyclic) bond motifs is 1. The van der Waals surface area contributed by atoms with Gasteiger partial charge in [0.25, 0.3) is 0 Å². The molecule has 0 aliphatic heterocycles. The van der Waals surface area contributed by atoms with Crippen LogP contribution in [0.3, 0.4) is 0 Å². The molecule has 0 aliphatic rings. The van der Waals surface area contributed by atoms with Crippen molar-refractivity contribution in [1.29, 1.82) is 0 Å². The molecule has 4 heteroatoms. The van der Waals surface area contributed by atoms with Crippen molar-refractivity contribution in [3.05, 3.63) is 35.6 Å². The maximum atomic E-state index is 5.87. The average molecular weight is 273 g/mol. The van der Waals surface area contributed by atoms with Crippen LogP contribution in [-0.4, -0.2) is 19.6 Å². The first kappa shape index (κ1) is 14.4. The molecule has 4 nitrogen and oxygen atoms in total. The molecule has 0 radical (unpaired) electrons. The molecular weight excluding hydrogens is 250 g/mol. The normalized spacial score (nSPS) is 11.8. The van der Waals surface area contributed by atoms with Gasteiger partial charge in [0.15, 0.2) is 5.96 Å². The van der Waals surface area contributed by atoms with Crippen molar-refractivity contribution < 1.29 is 4.42 Å². The van der Waals surface area contributed by atoms with E-state index in [0.29, 0.717) is 6.54 Å². The first-order valence-corrected chi connectivity index (χ1v) is 7.17. The lowest BCUT2D eigenvalue weighted by molar-refractivity contribution is 0.534. The third kappa shape index (κ3) is 3.32. The summed E-state index contributed by atoms with van der Waals surface area (Å²) in [7, 11) is 1.78. The first-order valence-electron chi connectivity index (χ1n) is 7.17. The second-order valence-electron chi connectivity index (χ2n) is 4.85. The van der Waals surface area contributed by atoms with Crippen molar-refractivity contribution in [2.24, 2.45) is 4.99 Å². The number of guanidine groups is 1. The van der Waals surface area contributed by atoms with Gasteiger partial charge in [-0.2, -0.15) is 0 Å². The Morgan fingerprint density at radius 3 is 2.75 bits per heavy atom. The molecule has 0 atom stereocenters. The summed E-state index contributed by atoms with van der Waals surface area (Å²) in [6, 6.07) is 8.12. The number of nitrogens with one attached hydrogen (secondary N) is 2. The number of hydrogen-bond acceptors (Lipinski definition) is 2. The molecule has 0 saturated carbocycles. The van der Waals surface area contributed by atoms with E-state index in [9.17, 15) is 0 Å². The fraction of sp³-hybridized carbons (Fsp3) is 0.438. The van der Waals surface area contributed by atoms with Crippen LogP contribution in [0.25, 0.3) is 11.0 Å². The minimum Gasteiger partial charge on any atom is -0.459 e. The minimum atomic E-state index is 0.645. The molecule has 0 aliphatic carbocycles. The van der Waals surface area contributed by atoms with Crippen LogP contribution in [0.5, 0.6) is 0 Å². The summed E-state index contributed by atoms with van der Waals surface area (Å²) in [5.74, 6) is 1.78. The van der Waals surface area contributed by atoms with Gasteiger partial charge in [-0.1, -0.05) is 31.5 Å². The molecule has 2 rings (SSSR count). The van der Waals surface area contributed by atoms with Gasteiger partial charge in [0.05, 0.1) is 6.54 Å². The van der Waals surface area contributed by atoms with E-state index < -0.39 is 0 Å². The van der Waals surface area contributed by atoms with Crippen LogP contribution in [-0.2, 0) is 6.54 Å². The highest BCUT2D eigenvalue weighted by Gasteiger charge is 2.09. The van der Waals surface area contributed by atoms with Crippen molar-refractivity contribution in [2.75, 3.05) is 13.6 Å². The quantitative estimate of drug-likeness (QED) is 0.499. The van der Waals surface area contributed by atoms with Gasteiger partial charge in [-0.25, -0.2) is 0 Å². The number of rotatable bonds is 5. The molecule has 20 heavy (non-hydrogen) atoms. The summed E-state index contributed by atoms with van der Waals surface area (Å²) >= 11 is 0. The van der Waals surface area contributed by atoms with E-state index in [2.05, 4.69) is 35.5 Å². The summed E-state index contributed by atoms with van der Waals surface area (Å²) in [4.78, 5) is 4.21. The third-order valence-electron chi connectivity index (χ3n) is 3.41. The molecule has 1 heterocycles. The Morgan fingerprint density at radius 2 is 2.05 bits per heavy atom. The molecule has 2 aromatic rings. The zero-order valence-electron chi connectivity index (χ0n) is 12.5. The summed E-state index contributed by atoms with van der Waals surface area (Å²) in [6.45, 7) is 5.85. The minimum absolute atomic E-state index is 0.645. The second-order valence-corrected chi connectivity index (χ2v) is 4.85. The van der Waals surface area contributed by atoms with Gasteiger partial charge in [0.2, 0.25) is 0 Å². The highest BCUT2D eigenvalue weighted by Crippen LogP contribution is 2.24. The summed E-state index contributed by atoms with van der Waals surface area (Å²) in [5, 5.41) is 7.76. The Hall–Kier alpha value is -1.97. The first-order chi connectivity index (χ1) is 9.76. The Balaban J connectivity index is 1.99. The van der Waals surface area contributed by atoms with E-state index in [-0.39, 0.29) is 0 Å². The van der Waals surface area contributed by atoms with Crippen LogP contribution >= 0.6 is 0 Å². The Morgan fingerprint density at radius 1 is 1.25 bits per heavy atom. The second kappa shape index (κ2) is 6.98. The van der Waals surface area contributed by atoms with Crippen LogP contribution in [0.15, 0.2) is 33.7 Å². The van der Waals surface area contributed by atoms with Crippen molar-refractivity contribution in [1.82, 2.24) is 10.6 Å². The molecular formula is C16H23N3O. The molecule has 0 unspecified atom stereocenters. The summed E-state index contributed by atoms with van der Waals surface area (Å²) < 4.78 is 5.87. The molecule has 0 fully saturated rings. The van der Waals surface area contributed by atoms with E-state index in [1.807, 2.05) is 18.2 Å². The molecule has 1 aromatic heterocycles. The standard InChI is InChI=1S/C16H23N3O/c1-4-5-10-18-16(17-3)19-11-15-12(2)13-8-6-7-9-14(13)20-15/h6-9H,4-5,10-11H2,1-3H3,(H2,17,18,19). The van der Waals surface area contributed by atoms with E-state index >= 15 is 0 Å². The van der Waals surface area contributed by atoms with E-state index in [0.717, 1.165) is 30.3 Å². The summed E-state index contributed by atoms with van der Waals surface area (Å²) in [6.07, 6.45) is 2.32. The molecule has 108 valence electrons. The average Bonchev–Trinajstić information content (AvgIpc) is 2.80. The number of para-hydroxylation sites is 1. The predicted molar refractivity (Wildman–Crippen MR) is 84.1 cm³/mol. The van der Waals surface area contributed by atoms with Gasteiger partial charge in [-0.15, -0.1) is 0 Å².